The summed E-state index contributed by atoms with van der Waals surface area (Å²) in [5.74, 6) is -1.96. The number of pyridine rings is 1. The van der Waals surface area contributed by atoms with Gasteiger partial charge in [-0.25, -0.2) is 9.37 Å². The number of hydrogen-bond donors (Lipinski definition) is 5. The zero-order chi connectivity index (χ0) is 24.3. The lowest BCUT2D eigenvalue weighted by Gasteiger charge is -2.20. The molecule has 8 nitrogen and oxygen atoms in total. The minimum Gasteiger partial charge on any atom is -0.392 e. The summed E-state index contributed by atoms with van der Waals surface area (Å²) in [5, 5.41) is 24.5. The Labute approximate surface area is 195 Å². The molecule has 2 aromatic rings. The number of primary amides is 1. The third-order valence-electron chi connectivity index (χ3n) is 5.01. The monoisotopic (exact) mass is 474 g/mol. The van der Waals surface area contributed by atoms with Gasteiger partial charge in [-0.05, 0) is 44.5 Å². The molecule has 0 fully saturated rings. The molecule has 1 aliphatic heterocycles. The number of aliphatic hydroxyl groups is 2. The third kappa shape index (κ3) is 6.10. The van der Waals surface area contributed by atoms with Crippen LogP contribution in [0.3, 0.4) is 0 Å². The molecule has 6 N–H and O–H groups in total. The number of carbonyl (C=O) groups excluding carboxylic acids is 2. The van der Waals surface area contributed by atoms with Gasteiger partial charge in [0.2, 0.25) is 5.91 Å². The van der Waals surface area contributed by atoms with Crippen LogP contribution in [0.4, 0.5) is 10.2 Å². The van der Waals surface area contributed by atoms with E-state index in [1.165, 1.54) is 23.9 Å². The van der Waals surface area contributed by atoms with E-state index in [-0.39, 0.29) is 12.2 Å². The number of rotatable bonds is 8. The summed E-state index contributed by atoms with van der Waals surface area (Å²) in [7, 11) is 0. The molecule has 1 aliphatic rings. The molecule has 0 radical (unpaired) electrons. The SMILES string of the molecule is CC(O)CNC(=O)c1cccc(NC2SC(c3ccc(C(C)(C)O)cc3F)=CC2C(N)=O)n1. The van der Waals surface area contributed by atoms with Gasteiger partial charge in [0.1, 0.15) is 17.3 Å². The molecule has 0 saturated heterocycles. The Morgan fingerprint density at radius 1 is 1.30 bits per heavy atom. The number of carbonyl (C=O) groups is 2. The minimum atomic E-state index is -1.19. The first-order valence-electron chi connectivity index (χ1n) is 10.4. The highest BCUT2D eigenvalue weighted by Crippen LogP contribution is 2.43. The highest BCUT2D eigenvalue weighted by atomic mass is 32.2. The Morgan fingerprint density at radius 2 is 2.03 bits per heavy atom. The lowest BCUT2D eigenvalue weighted by Crippen LogP contribution is -2.33. The fraction of sp³-hybridized carbons (Fsp3) is 0.348. The van der Waals surface area contributed by atoms with Crippen LogP contribution in [0, 0.1) is 11.7 Å². The molecule has 3 atom stereocenters. The number of nitrogens with two attached hydrogens (primary N) is 1. The summed E-state index contributed by atoms with van der Waals surface area (Å²) in [5.41, 5.74) is 5.26. The fourth-order valence-corrected chi connectivity index (χ4v) is 4.55. The predicted molar refractivity (Wildman–Crippen MR) is 126 cm³/mol. The number of nitrogens with zero attached hydrogens (tertiary/aromatic N) is 1. The first-order chi connectivity index (χ1) is 15.5. The number of hydrogen-bond acceptors (Lipinski definition) is 7. The maximum absolute atomic E-state index is 14.8. The van der Waals surface area contributed by atoms with E-state index in [4.69, 9.17) is 5.73 Å². The molecule has 3 rings (SSSR count). The first-order valence-corrected chi connectivity index (χ1v) is 11.2. The van der Waals surface area contributed by atoms with E-state index in [1.807, 2.05) is 0 Å². The number of aliphatic hydroxyl groups excluding tert-OH is 1. The topological polar surface area (TPSA) is 138 Å². The van der Waals surface area contributed by atoms with Crippen molar-refractivity contribution in [3.05, 3.63) is 65.1 Å². The maximum atomic E-state index is 14.8. The second kappa shape index (κ2) is 9.90. The number of benzene rings is 1. The van der Waals surface area contributed by atoms with Crippen molar-refractivity contribution in [3.8, 4) is 0 Å². The van der Waals surface area contributed by atoms with E-state index in [0.717, 1.165) is 0 Å². The molecule has 1 aromatic carbocycles. The number of halogens is 1. The average Bonchev–Trinajstić information content (AvgIpc) is 3.15. The second-order valence-electron chi connectivity index (χ2n) is 8.36. The maximum Gasteiger partial charge on any atom is 0.270 e. The Kier molecular flexibility index (Phi) is 7.41. The third-order valence-corrected chi connectivity index (χ3v) is 6.29. The first kappa shape index (κ1) is 24.7. The highest BCUT2D eigenvalue weighted by molar-refractivity contribution is 8.09. The quantitative estimate of drug-likeness (QED) is 0.395. The number of aromatic nitrogens is 1. The minimum absolute atomic E-state index is 0.0888. The van der Waals surface area contributed by atoms with Gasteiger partial charge in [0.15, 0.2) is 0 Å². The van der Waals surface area contributed by atoms with Crippen LogP contribution in [-0.4, -0.2) is 45.0 Å². The van der Waals surface area contributed by atoms with Crippen LogP contribution in [-0.2, 0) is 10.4 Å². The van der Waals surface area contributed by atoms with E-state index in [1.54, 1.807) is 51.1 Å². The molecule has 0 aliphatic carbocycles. The van der Waals surface area contributed by atoms with E-state index in [0.29, 0.717) is 21.8 Å². The number of amides is 2. The summed E-state index contributed by atoms with van der Waals surface area (Å²) >= 11 is 1.22. The number of nitrogens with one attached hydrogen (secondary N) is 2. The lowest BCUT2D eigenvalue weighted by molar-refractivity contribution is -0.120. The van der Waals surface area contributed by atoms with Gasteiger partial charge in [-0.2, -0.15) is 0 Å². The number of anilines is 1. The molecular weight excluding hydrogens is 447 g/mol. The van der Waals surface area contributed by atoms with E-state index >= 15 is 0 Å². The van der Waals surface area contributed by atoms with Gasteiger partial charge in [0.25, 0.3) is 5.91 Å². The summed E-state index contributed by atoms with van der Waals surface area (Å²) < 4.78 is 14.8. The van der Waals surface area contributed by atoms with Crippen LogP contribution in [0.5, 0.6) is 0 Å². The van der Waals surface area contributed by atoms with Gasteiger partial charge in [0.05, 0.1) is 23.0 Å². The van der Waals surface area contributed by atoms with Crippen LogP contribution in [0.2, 0.25) is 0 Å². The van der Waals surface area contributed by atoms with Crippen molar-refractivity contribution in [1.82, 2.24) is 10.3 Å². The summed E-state index contributed by atoms with van der Waals surface area (Å²) in [4.78, 5) is 29.1. The Hall–Kier alpha value is -2.95. The van der Waals surface area contributed by atoms with Gasteiger partial charge in [-0.3, -0.25) is 9.59 Å². The molecular formula is C23H27FN4O4S. The summed E-state index contributed by atoms with van der Waals surface area (Å²) in [6.07, 6.45) is 0.912. The van der Waals surface area contributed by atoms with Crippen molar-refractivity contribution in [2.75, 3.05) is 11.9 Å². The highest BCUT2D eigenvalue weighted by Gasteiger charge is 2.34. The lowest BCUT2D eigenvalue weighted by atomic mass is 9.96. The summed E-state index contributed by atoms with van der Waals surface area (Å²) in [6, 6.07) is 9.27. The van der Waals surface area contributed by atoms with E-state index < -0.39 is 40.6 Å². The molecule has 3 unspecified atom stereocenters. The van der Waals surface area contributed by atoms with Crippen LogP contribution in [0.25, 0.3) is 4.91 Å². The molecule has 1 aromatic heterocycles. The van der Waals surface area contributed by atoms with Gasteiger partial charge in [0, 0.05) is 17.0 Å². The van der Waals surface area contributed by atoms with Crippen molar-refractivity contribution < 1.29 is 24.2 Å². The van der Waals surface area contributed by atoms with Gasteiger partial charge in [-0.15, -0.1) is 0 Å². The van der Waals surface area contributed by atoms with E-state index in [2.05, 4.69) is 15.6 Å². The molecule has 2 heterocycles. The van der Waals surface area contributed by atoms with E-state index in [9.17, 15) is 24.2 Å². The molecule has 0 bridgehead atoms. The zero-order valence-corrected chi connectivity index (χ0v) is 19.3. The van der Waals surface area contributed by atoms with Crippen molar-refractivity contribution in [2.45, 2.75) is 37.9 Å². The normalized spacial score (nSPS) is 19.0. The fourth-order valence-electron chi connectivity index (χ4n) is 3.22. The Balaban J connectivity index is 1.79. The van der Waals surface area contributed by atoms with Crippen molar-refractivity contribution in [1.29, 1.82) is 0 Å². The van der Waals surface area contributed by atoms with Crippen molar-refractivity contribution in [2.24, 2.45) is 11.7 Å². The Bertz CT molecular complexity index is 1080. The van der Waals surface area contributed by atoms with Crippen molar-refractivity contribution in [3.63, 3.8) is 0 Å². The average molecular weight is 475 g/mol. The van der Waals surface area contributed by atoms with Crippen LogP contribution >= 0.6 is 11.8 Å². The molecule has 176 valence electrons. The van der Waals surface area contributed by atoms with Gasteiger partial charge >= 0.3 is 0 Å². The van der Waals surface area contributed by atoms with Gasteiger partial charge in [-0.1, -0.05) is 36.0 Å². The Morgan fingerprint density at radius 3 is 2.64 bits per heavy atom. The molecule has 0 saturated carbocycles. The molecule has 2 amide bonds. The predicted octanol–water partition coefficient (Wildman–Crippen LogP) is 2.19. The number of thioether (sulfide) groups is 1. The van der Waals surface area contributed by atoms with Crippen molar-refractivity contribution >= 4 is 34.3 Å². The largest absolute Gasteiger partial charge is 0.392 e. The standard InChI is InChI=1S/C23H27FN4O4S/c1-12(29)11-26-21(31)17-5-4-6-19(27-17)28-22-15(20(25)30)10-18(33-22)14-8-7-13(9-16(14)24)23(2,3)32/h4-10,12,15,22,29,32H,11H2,1-3H3,(H2,25,30)(H,26,31)(H,27,28). The smallest absolute Gasteiger partial charge is 0.270 e. The van der Waals surface area contributed by atoms with Crippen LogP contribution < -0.4 is 16.4 Å². The summed E-state index contributed by atoms with van der Waals surface area (Å²) in [6.45, 7) is 4.78. The molecule has 10 heteroatoms. The zero-order valence-electron chi connectivity index (χ0n) is 18.5. The van der Waals surface area contributed by atoms with Crippen LogP contribution in [0.1, 0.15) is 42.4 Å². The van der Waals surface area contributed by atoms with Crippen LogP contribution in [0.15, 0.2) is 42.5 Å². The van der Waals surface area contributed by atoms with Gasteiger partial charge < -0.3 is 26.6 Å². The molecule has 33 heavy (non-hydrogen) atoms. The molecule has 0 spiro atoms. The second-order valence-corrected chi connectivity index (χ2v) is 9.55.